The molecule has 0 fully saturated rings. The van der Waals surface area contributed by atoms with Crippen molar-refractivity contribution in [2.75, 3.05) is 0 Å². The molecule has 0 aromatic carbocycles. The van der Waals surface area contributed by atoms with Gasteiger partial charge < -0.3 is 5.11 Å². The molecule has 0 aliphatic heterocycles. The lowest BCUT2D eigenvalue weighted by molar-refractivity contribution is -0.139. The molecule has 0 saturated heterocycles. The Kier molecular flexibility index (Phi) is 16.4. The average molecular weight is 450 g/mol. The highest BCUT2D eigenvalue weighted by Crippen LogP contribution is 2.28. The Hall–Kier alpha value is -0.0600. The molecule has 0 spiro atoms. The second-order valence-corrected chi connectivity index (χ2v) is 8.60. The van der Waals surface area contributed by atoms with E-state index >= 15 is 0 Å². The van der Waals surface area contributed by atoms with Gasteiger partial charge in [-0.3, -0.25) is 4.79 Å². The van der Waals surface area contributed by atoms with E-state index in [1.54, 1.807) is 0 Å². The lowest BCUT2D eigenvalue weighted by Gasteiger charge is -2.21. The van der Waals surface area contributed by atoms with Crippen LogP contribution in [0.2, 0.25) is 0 Å². The Morgan fingerprint density at radius 1 is 0.833 bits per heavy atom. The summed E-state index contributed by atoms with van der Waals surface area (Å²) in [6.07, 6.45) is 21.1. The van der Waals surface area contributed by atoms with E-state index < -0.39 is 5.97 Å². The van der Waals surface area contributed by atoms with E-state index in [1.807, 2.05) is 0 Å². The van der Waals surface area contributed by atoms with Crippen molar-refractivity contribution in [3.05, 3.63) is 10.2 Å². The third-order valence-corrected chi connectivity index (χ3v) is 5.20. The number of carbonyl (C=O) groups is 1. The summed E-state index contributed by atoms with van der Waals surface area (Å²) in [7, 11) is 0. The minimum atomic E-state index is -0.669. The van der Waals surface area contributed by atoms with Crippen molar-refractivity contribution in [1.82, 2.24) is 0 Å². The maximum Gasteiger partial charge on any atom is 0.303 e. The van der Waals surface area contributed by atoms with Gasteiger partial charge in [0.25, 0.3) is 0 Å². The van der Waals surface area contributed by atoms with E-state index in [1.165, 1.54) is 83.5 Å². The highest BCUT2D eigenvalue weighted by molar-refractivity contribution is 14.1. The third kappa shape index (κ3) is 18.3. The summed E-state index contributed by atoms with van der Waals surface area (Å²) in [6, 6.07) is 0. The molecule has 3 heteroatoms. The van der Waals surface area contributed by atoms with Crippen molar-refractivity contribution < 1.29 is 9.90 Å². The van der Waals surface area contributed by atoms with E-state index in [4.69, 9.17) is 5.11 Å². The Bertz CT molecular complexity index is 324. The van der Waals surface area contributed by atoms with Crippen LogP contribution in [0.15, 0.2) is 10.2 Å². The molecular formula is C21H39IO2. The van der Waals surface area contributed by atoms with E-state index in [0.717, 1.165) is 6.42 Å². The van der Waals surface area contributed by atoms with Gasteiger partial charge in [0.1, 0.15) is 0 Å². The normalized spacial score (nSPS) is 12.1. The summed E-state index contributed by atoms with van der Waals surface area (Å²) in [5.41, 5.74) is -0.0434. The van der Waals surface area contributed by atoms with Gasteiger partial charge >= 0.3 is 5.97 Å². The fourth-order valence-electron chi connectivity index (χ4n) is 3.19. The monoisotopic (exact) mass is 450 g/mol. The molecule has 0 saturated carbocycles. The topological polar surface area (TPSA) is 37.3 Å². The second-order valence-electron chi connectivity index (χ2n) is 7.88. The molecule has 0 aliphatic rings. The van der Waals surface area contributed by atoms with E-state index in [9.17, 15) is 4.79 Å². The number of carboxylic acids is 1. The predicted octanol–water partition coefficient (Wildman–Crippen LogP) is 7.90. The summed E-state index contributed by atoms with van der Waals surface area (Å²) in [6.45, 7) is 4.14. The zero-order chi connectivity index (χ0) is 18.1. The van der Waals surface area contributed by atoms with Gasteiger partial charge in [-0.05, 0) is 28.8 Å². The van der Waals surface area contributed by atoms with Gasteiger partial charge in [0.05, 0.1) is 6.42 Å². The van der Waals surface area contributed by atoms with E-state index in [0.29, 0.717) is 6.42 Å². The zero-order valence-corrected chi connectivity index (χ0v) is 18.2. The fraction of sp³-hybridized carbons (Fsp3) is 0.857. The largest absolute Gasteiger partial charge is 0.481 e. The van der Waals surface area contributed by atoms with Gasteiger partial charge in [0, 0.05) is 0 Å². The highest BCUT2D eigenvalue weighted by Gasteiger charge is 2.20. The molecular weight excluding hydrogens is 411 g/mol. The maximum absolute atomic E-state index is 10.8. The van der Waals surface area contributed by atoms with Gasteiger partial charge in [-0.15, -0.1) is 0 Å². The van der Waals surface area contributed by atoms with Crippen molar-refractivity contribution in [2.45, 2.75) is 110 Å². The molecule has 0 unspecified atom stereocenters. The smallest absolute Gasteiger partial charge is 0.303 e. The van der Waals surface area contributed by atoms with E-state index in [2.05, 4.69) is 46.6 Å². The second kappa shape index (κ2) is 16.4. The molecule has 24 heavy (non-hydrogen) atoms. The molecule has 142 valence electrons. The van der Waals surface area contributed by atoms with Crippen molar-refractivity contribution in [3.63, 3.8) is 0 Å². The molecule has 0 atom stereocenters. The number of allylic oxidation sites excluding steroid dienone is 1. The van der Waals surface area contributed by atoms with Crippen molar-refractivity contribution in [3.8, 4) is 0 Å². The van der Waals surface area contributed by atoms with Crippen LogP contribution in [0.1, 0.15) is 110 Å². The van der Waals surface area contributed by atoms with Crippen LogP contribution in [0.4, 0.5) is 0 Å². The summed E-state index contributed by atoms with van der Waals surface area (Å²) in [5, 5.41) is 8.87. The van der Waals surface area contributed by atoms with Crippen LogP contribution in [0.3, 0.4) is 0 Å². The van der Waals surface area contributed by atoms with Crippen LogP contribution in [-0.2, 0) is 4.79 Å². The first kappa shape index (κ1) is 23.9. The quantitative estimate of drug-likeness (QED) is 0.181. The molecule has 0 radical (unpaired) electrons. The summed E-state index contributed by atoms with van der Waals surface area (Å²) < 4.78 is 2.12. The van der Waals surface area contributed by atoms with Crippen LogP contribution in [0, 0.1) is 5.41 Å². The van der Waals surface area contributed by atoms with Crippen LogP contribution >= 0.6 is 22.6 Å². The van der Waals surface area contributed by atoms with Crippen molar-refractivity contribution in [2.24, 2.45) is 5.41 Å². The Labute approximate surface area is 164 Å². The van der Waals surface area contributed by atoms with Gasteiger partial charge in [-0.1, -0.05) is 113 Å². The van der Waals surface area contributed by atoms with Crippen LogP contribution in [-0.4, -0.2) is 11.1 Å². The molecule has 2 nitrogen and oxygen atoms in total. The lowest BCUT2D eigenvalue weighted by atomic mass is 9.83. The zero-order valence-electron chi connectivity index (χ0n) is 16.0. The minimum Gasteiger partial charge on any atom is -0.481 e. The van der Waals surface area contributed by atoms with Gasteiger partial charge in [-0.2, -0.15) is 0 Å². The Balaban J connectivity index is 3.21. The maximum atomic E-state index is 10.8. The Morgan fingerprint density at radius 3 is 1.67 bits per heavy atom. The molecule has 1 N–H and O–H groups in total. The van der Waals surface area contributed by atoms with Crippen LogP contribution < -0.4 is 0 Å². The summed E-state index contributed by atoms with van der Waals surface area (Å²) in [4.78, 5) is 10.8. The molecule has 0 amide bonds. The number of carboxylic acid groups (broad SMARTS) is 1. The first-order valence-corrected chi connectivity index (χ1v) is 11.2. The SMILES string of the molecule is CC(C)(CCCCCCCCCCCCCC/C=C/I)CC(=O)O. The lowest BCUT2D eigenvalue weighted by Crippen LogP contribution is -2.16. The number of unbranched alkanes of at least 4 members (excludes halogenated alkanes) is 12. The molecule has 0 aromatic heterocycles. The van der Waals surface area contributed by atoms with Crippen LogP contribution in [0.25, 0.3) is 0 Å². The number of rotatable bonds is 17. The Morgan fingerprint density at radius 2 is 1.25 bits per heavy atom. The number of halogens is 1. The number of hydrogen-bond acceptors (Lipinski definition) is 1. The van der Waals surface area contributed by atoms with Crippen LogP contribution in [0.5, 0.6) is 0 Å². The molecule has 0 bridgehead atoms. The van der Waals surface area contributed by atoms with Gasteiger partial charge in [0.15, 0.2) is 0 Å². The average Bonchev–Trinajstić information content (AvgIpc) is 2.49. The number of hydrogen-bond donors (Lipinski definition) is 1. The molecule has 0 heterocycles. The van der Waals surface area contributed by atoms with Crippen molar-refractivity contribution in [1.29, 1.82) is 0 Å². The first-order valence-electron chi connectivity index (χ1n) is 9.95. The third-order valence-electron chi connectivity index (χ3n) is 4.69. The minimum absolute atomic E-state index is 0.0434. The van der Waals surface area contributed by atoms with Crippen molar-refractivity contribution >= 4 is 28.6 Å². The predicted molar refractivity (Wildman–Crippen MR) is 114 cm³/mol. The standard InChI is InChI=1S/C21H39IO2/c1-21(2,19-20(23)24)17-15-13-11-9-7-5-3-4-6-8-10-12-14-16-18-22/h16,18H,3-15,17,19H2,1-2H3,(H,23,24)/b18-16+. The van der Waals surface area contributed by atoms with Gasteiger partial charge in [-0.25, -0.2) is 0 Å². The highest BCUT2D eigenvalue weighted by atomic mass is 127. The molecule has 0 aromatic rings. The number of aliphatic carboxylic acids is 1. The van der Waals surface area contributed by atoms with E-state index in [-0.39, 0.29) is 5.41 Å². The molecule has 0 aliphatic carbocycles. The fourth-order valence-corrected chi connectivity index (χ4v) is 3.55. The first-order chi connectivity index (χ1) is 11.5. The summed E-state index contributed by atoms with van der Waals surface area (Å²) in [5.74, 6) is -0.669. The molecule has 0 rings (SSSR count). The van der Waals surface area contributed by atoms with Gasteiger partial charge in [0.2, 0.25) is 0 Å². The summed E-state index contributed by atoms with van der Waals surface area (Å²) >= 11 is 2.29.